The molecule has 5 atom stereocenters. The molecule has 0 saturated carbocycles. The van der Waals surface area contributed by atoms with E-state index >= 15 is 0 Å². The number of hydrogen-bond acceptors (Lipinski definition) is 5. The molecule has 0 radical (unpaired) electrons. The van der Waals surface area contributed by atoms with Crippen LogP contribution in [0.15, 0.2) is 42.6 Å². The van der Waals surface area contributed by atoms with E-state index in [-0.39, 0.29) is 0 Å². The van der Waals surface area contributed by atoms with E-state index in [1.54, 1.807) is 16.8 Å². The molecular weight excluding hydrogens is 401 g/mol. The van der Waals surface area contributed by atoms with Crippen LogP contribution in [-0.4, -0.2) is 56.0 Å². The summed E-state index contributed by atoms with van der Waals surface area (Å²) in [5.74, 6) is -0.401. The number of rotatable bonds is 5. The number of nitrogens with zero attached hydrogens (tertiary/aromatic N) is 1. The van der Waals surface area contributed by atoms with Crippen LogP contribution in [0.4, 0.5) is 4.39 Å². The summed E-state index contributed by atoms with van der Waals surface area (Å²) < 4.78 is 22.5. The van der Waals surface area contributed by atoms with Crippen molar-refractivity contribution in [3.05, 3.63) is 70.7 Å². The van der Waals surface area contributed by atoms with Crippen molar-refractivity contribution in [2.45, 2.75) is 57.3 Å². The lowest BCUT2D eigenvalue weighted by Gasteiger charge is -2.40. The molecule has 3 aromatic rings. The molecule has 1 aliphatic rings. The Morgan fingerprint density at radius 3 is 2.29 bits per heavy atom. The third-order valence-electron chi connectivity index (χ3n) is 6.19. The Kier molecular flexibility index (Phi) is 6.14. The maximum atomic E-state index is 15.0. The summed E-state index contributed by atoms with van der Waals surface area (Å²) in [5, 5.41) is 41.1. The Balaban J connectivity index is 1.81. The van der Waals surface area contributed by atoms with Gasteiger partial charge >= 0.3 is 0 Å². The molecule has 31 heavy (non-hydrogen) atoms. The molecule has 0 aliphatic carbocycles. The summed E-state index contributed by atoms with van der Waals surface area (Å²) in [7, 11) is 0. The van der Waals surface area contributed by atoms with Crippen LogP contribution in [0.2, 0.25) is 0 Å². The molecule has 0 unspecified atom stereocenters. The summed E-state index contributed by atoms with van der Waals surface area (Å²) in [4.78, 5) is 0. The zero-order valence-corrected chi connectivity index (χ0v) is 17.6. The molecule has 6 nitrogen and oxygen atoms in total. The van der Waals surface area contributed by atoms with Crippen LogP contribution in [0.5, 0.6) is 0 Å². The molecule has 1 aromatic heterocycles. The second-order valence-corrected chi connectivity index (χ2v) is 8.22. The number of aromatic nitrogens is 1. The van der Waals surface area contributed by atoms with Gasteiger partial charge in [0.05, 0.1) is 12.1 Å². The van der Waals surface area contributed by atoms with Crippen LogP contribution in [-0.2, 0) is 17.7 Å². The number of aliphatic hydroxyl groups is 4. The summed E-state index contributed by atoms with van der Waals surface area (Å²) in [6.07, 6.45) is -3.77. The first kappa shape index (κ1) is 21.9. The molecule has 1 aliphatic heterocycles. The van der Waals surface area contributed by atoms with Crippen molar-refractivity contribution >= 4 is 10.9 Å². The molecule has 4 N–H and O–H groups in total. The third kappa shape index (κ3) is 3.88. The molecule has 7 heteroatoms. The van der Waals surface area contributed by atoms with Crippen molar-refractivity contribution in [2.75, 3.05) is 6.61 Å². The van der Waals surface area contributed by atoms with Gasteiger partial charge in [-0.2, -0.15) is 0 Å². The zero-order chi connectivity index (χ0) is 22.3. The summed E-state index contributed by atoms with van der Waals surface area (Å²) in [5.41, 5.74) is 3.89. The van der Waals surface area contributed by atoms with Crippen LogP contribution in [0.25, 0.3) is 10.9 Å². The van der Waals surface area contributed by atoms with Crippen molar-refractivity contribution in [3.8, 4) is 0 Å². The van der Waals surface area contributed by atoms with Crippen molar-refractivity contribution in [2.24, 2.45) is 0 Å². The highest BCUT2D eigenvalue weighted by Crippen LogP contribution is 2.39. The Morgan fingerprint density at radius 1 is 0.968 bits per heavy atom. The van der Waals surface area contributed by atoms with Gasteiger partial charge in [-0.1, -0.05) is 37.3 Å². The fourth-order valence-corrected chi connectivity index (χ4v) is 4.38. The first-order valence-electron chi connectivity index (χ1n) is 10.5. The minimum absolute atomic E-state index is 0.381. The fourth-order valence-electron chi connectivity index (χ4n) is 4.38. The van der Waals surface area contributed by atoms with E-state index in [9.17, 15) is 24.8 Å². The molecule has 0 amide bonds. The topological polar surface area (TPSA) is 95.1 Å². The van der Waals surface area contributed by atoms with Gasteiger partial charge in [0.1, 0.15) is 36.3 Å². The largest absolute Gasteiger partial charge is 0.394 e. The Hall–Kier alpha value is -2.29. The second kappa shape index (κ2) is 8.68. The molecule has 166 valence electrons. The standard InChI is InChI=1S/C24H28FNO5/c1-3-14-5-7-15(8-6-14)10-26-11-16(19-13(2)4-9-17(25)20(19)26)24-23(30)22(29)21(28)18(12-27)31-24/h4-9,11,18,21-24,27-30H,3,10,12H2,1-2H3/t18-,21-,22+,23-,24+/m1/s1. The summed E-state index contributed by atoms with van der Waals surface area (Å²) >= 11 is 0. The number of aryl methyl sites for hydroxylation is 2. The molecule has 4 rings (SSSR count). The molecule has 0 spiro atoms. The lowest BCUT2D eigenvalue weighted by Crippen LogP contribution is -2.55. The molecule has 0 bridgehead atoms. The van der Waals surface area contributed by atoms with Gasteiger partial charge < -0.3 is 29.7 Å². The highest BCUT2D eigenvalue weighted by atomic mass is 19.1. The lowest BCUT2D eigenvalue weighted by molar-refractivity contribution is -0.231. The highest BCUT2D eigenvalue weighted by Gasteiger charge is 2.45. The van der Waals surface area contributed by atoms with E-state index in [1.807, 2.05) is 31.2 Å². The van der Waals surface area contributed by atoms with Crippen molar-refractivity contribution < 1.29 is 29.6 Å². The van der Waals surface area contributed by atoms with Crippen LogP contribution in [0, 0.1) is 12.7 Å². The van der Waals surface area contributed by atoms with Crippen LogP contribution >= 0.6 is 0 Å². The number of benzene rings is 2. The maximum Gasteiger partial charge on any atom is 0.147 e. The molecular formula is C24H28FNO5. The van der Waals surface area contributed by atoms with Gasteiger partial charge in [-0.05, 0) is 36.1 Å². The number of halogens is 1. The van der Waals surface area contributed by atoms with Gasteiger partial charge in [-0.15, -0.1) is 0 Å². The Labute approximate surface area is 180 Å². The number of ether oxygens (including phenoxy) is 1. The van der Waals surface area contributed by atoms with Gasteiger partial charge in [-0.3, -0.25) is 0 Å². The van der Waals surface area contributed by atoms with Crippen molar-refractivity contribution in [3.63, 3.8) is 0 Å². The predicted octanol–water partition coefficient (Wildman–Crippen LogP) is 2.21. The van der Waals surface area contributed by atoms with Crippen LogP contribution in [0.1, 0.15) is 35.3 Å². The van der Waals surface area contributed by atoms with Gasteiger partial charge in [0.25, 0.3) is 0 Å². The van der Waals surface area contributed by atoms with Gasteiger partial charge in [0.2, 0.25) is 0 Å². The van der Waals surface area contributed by atoms with E-state index in [0.717, 1.165) is 17.5 Å². The Bertz CT molecular complexity index is 1060. The maximum absolute atomic E-state index is 15.0. The van der Waals surface area contributed by atoms with E-state index in [4.69, 9.17) is 4.74 Å². The monoisotopic (exact) mass is 429 g/mol. The van der Waals surface area contributed by atoms with Gasteiger partial charge in [0.15, 0.2) is 0 Å². The zero-order valence-electron chi connectivity index (χ0n) is 17.6. The summed E-state index contributed by atoms with van der Waals surface area (Å²) in [6, 6.07) is 11.2. The number of fused-ring (bicyclic) bond motifs is 1. The quantitative estimate of drug-likeness (QED) is 0.499. The normalized spacial score (nSPS) is 26.5. The van der Waals surface area contributed by atoms with Gasteiger partial charge in [0, 0.05) is 23.7 Å². The fraction of sp³-hybridized carbons (Fsp3) is 0.417. The average molecular weight is 429 g/mol. The van der Waals surface area contributed by atoms with Crippen LogP contribution < -0.4 is 0 Å². The smallest absolute Gasteiger partial charge is 0.147 e. The minimum atomic E-state index is -1.50. The SMILES string of the molecule is CCc1ccc(Cn2cc([C@@H]3O[C@H](CO)[C@@H](O)[C@H](O)[C@H]3O)c3c(C)ccc(F)c32)cc1. The average Bonchev–Trinajstić information content (AvgIpc) is 3.15. The first-order chi connectivity index (χ1) is 14.8. The van der Waals surface area contributed by atoms with E-state index in [2.05, 4.69) is 6.92 Å². The van der Waals surface area contributed by atoms with E-state index < -0.39 is 42.9 Å². The predicted molar refractivity (Wildman–Crippen MR) is 114 cm³/mol. The third-order valence-corrected chi connectivity index (χ3v) is 6.19. The van der Waals surface area contributed by atoms with Crippen LogP contribution in [0.3, 0.4) is 0 Å². The minimum Gasteiger partial charge on any atom is -0.394 e. The molecule has 1 saturated heterocycles. The molecule has 2 heterocycles. The molecule has 1 fully saturated rings. The Morgan fingerprint density at radius 2 is 1.65 bits per heavy atom. The van der Waals surface area contributed by atoms with E-state index in [0.29, 0.717) is 23.0 Å². The molecule has 2 aromatic carbocycles. The number of hydrogen-bond donors (Lipinski definition) is 4. The van der Waals surface area contributed by atoms with Crippen molar-refractivity contribution in [1.82, 2.24) is 4.57 Å². The highest BCUT2D eigenvalue weighted by molar-refractivity contribution is 5.88. The number of aliphatic hydroxyl groups excluding tert-OH is 4. The first-order valence-corrected chi connectivity index (χ1v) is 10.5. The van der Waals surface area contributed by atoms with Crippen molar-refractivity contribution in [1.29, 1.82) is 0 Å². The lowest BCUT2D eigenvalue weighted by atomic mass is 9.90. The second-order valence-electron chi connectivity index (χ2n) is 8.22. The van der Waals surface area contributed by atoms with Gasteiger partial charge in [-0.25, -0.2) is 4.39 Å². The summed E-state index contributed by atoms with van der Waals surface area (Å²) in [6.45, 7) is 3.82. The van der Waals surface area contributed by atoms with E-state index in [1.165, 1.54) is 11.6 Å².